The number of hydrogen-bond donors (Lipinski definition) is 2. The zero-order chi connectivity index (χ0) is 13.5. The molecule has 1 aliphatic carbocycles. The zero-order valence-corrected chi connectivity index (χ0v) is 12.1. The first-order valence-electron chi connectivity index (χ1n) is 7.90. The molecule has 1 aliphatic heterocycles. The Bertz CT molecular complexity index is 277. The first kappa shape index (κ1) is 14.8. The summed E-state index contributed by atoms with van der Waals surface area (Å²) in [5.74, 6) is 0.576. The van der Waals surface area contributed by atoms with Gasteiger partial charge in [0.1, 0.15) is 0 Å². The zero-order valence-electron chi connectivity index (χ0n) is 12.1. The highest BCUT2D eigenvalue weighted by molar-refractivity contribution is 5.82. The molecule has 1 saturated heterocycles. The van der Waals surface area contributed by atoms with Crippen LogP contribution in [0.3, 0.4) is 0 Å². The van der Waals surface area contributed by atoms with E-state index in [9.17, 15) is 4.79 Å². The second-order valence-electron chi connectivity index (χ2n) is 5.97. The van der Waals surface area contributed by atoms with E-state index in [1.54, 1.807) is 0 Å². The van der Waals surface area contributed by atoms with Gasteiger partial charge in [0.25, 0.3) is 0 Å². The standard InChI is InChI=1S/C15H28N2O2/c1-12-6-5-9-16-14(12)15(18)17-10-11-19-13-7-3-2-4-8-13/h12-14,16H,2-11H2,1H3,(H,17,18). The minimum Gasteiger partial charge on any atom is -0.376 e. The first-order valence-corrected chi connectivity index (χ1v) is 7.90. The van der Waals surface area contributed by atoms with E-state index in [1.165, 1.54) is 38.5 Å². The molecular formula is C15H28N2O2. The van der Waals surface area contributed by atoms with Gasteiger partial charge in [-0.1, -0.05) is 26.2 Å². The molecule has 1 saturated carbocycles. The number of piperidine rings is 1. The van der Waals surface area contributed by atoms with Crippen molar-refractivity contribution in [2.75, 3.05) is 19.7 Å². The second kappa shape index (κ2) is 7.85. The van der Waals surface area contributed by atoms with Crippen LogP contribution in [0.2, 0.25) is 0 Å². The van der Waals surface area contributed by atoms with E-state index in [2.05, 4.69) is 17.6 Å². The van der Waals surface area contributed by atoms with Crippen LogP contribution in [0, 0.1) is 5.92 Å². The van der Waals surface area contributed by atoms with Gasteiger partial charge in [-0.2, -0.15) is 0 Å². The fraction of sp³-hybridized carbons (Fsp3) is 0.933. The molecule has 2 rings (SSSR count). The molecule has 0 bridgehead atoms. The second-order valence-corrected chi connectivity index (χ2v) is 5.97. The molecule has 2 N–H and O–H groups in total. The summed E-state index contributed by atoms with van der Waals surface area (Å²) in [7, 11) is 0. The Morgan fingerprint density at radius 2 is 2.00 bits per heavy atom. The summed E-state index contributed by atoms with van der Waals surface area (Å²) in [5, 5.41) is 6.30. The topological polar surface area (TPSA) is 50.4 Å². The van der Waals surface area contributed by atoms with Crippen LogP contribution in [0.15, 0.2) is 0 Å². The van der Waals surface area contributed by atoms with Gasteiger partial charge < -0.3 is 15.4 Å². The number of nitrogens with one attached hydrogen (secondary N) is 2. The highest BCUT2D eigenvalue weighted by Gasteiger charge is 2.26. The fourth-order valence-electron chi connectivity index (χ4n) is 3.14. The molecule has 0 aromatic carbocycles. The fourth-order valence-corrected chi connectivity index (χ4v) is 3.14. The molecule has 19 heavy (non-hydrogen) atoms. The lowest BCUT2D eigenvalue weighted by molar-refractivity contribution is -0.125. The normalized spacial score (nSPS) is 29.1. The van der Waals surface area contributed by atoms with E-state index >= 15 is 0 Å². The summed E-state index contributed by atoms with van der Waals surface area (Å²) < 4.78 is 5.81. The van der Waals surface area contributed by atoms with Gasteiger partial charge in [0.15, 0.2) is 0 Å². The number of carbonyl (C=O) groups is 1. The molecule has 2 atom stereocenters. The van der Waals surface area contributed by atoms with Crippen molar-refractivity contribution in [3.05, 3.63) is 0 Å². The SMILES string of the molecule is CC1CCCNC1C(=O)NCCOC1CCCCC1. The molecule has 0 radical (unpaired) electrons. The Morgan fingerprint density at radius 1 is 1.21 bits per heavy atom. The van der Waals surface area contributed by atoms with Crippen molar-refractivity contribution in [3.8, 4) is 0 Å². The molecular weight excluding hydrogens is 240 g/mol. The van der Waals surface area contributed by atoms with Gasteiger partial charge in [-0.3, -0.25) is 4.79 Å². The monoisotopic (exact) mass is 268 g/mol. The average molecular weight is 268 g/mol. The van der Waals surface area contributed by atoms with Crippen LogP contribution < -0.4 is 10.6 Å². The number of rotatable bonds is 5. The van der Waals surface area contributed by atoms with Gasteiger partial charge in [-0.25, -0.2) is 0 Å². The number of carbonyl (C=O) groups excluding carboxylic acids is 1. The third-order valence-corrected chi connectivity index (χ3v) is 4.36. The Labute approximate surface area is 116 Å². The predicted octanol–water partition coefficient (Wildman–Crippen LogP) is 1.84. The van der Waals surface area contributed by atoms with E-state index in [0.29, 0.717) is 25.2 Å². The number of ether oxygens (including phenoxy) is 1. The maximum absolute atomic E-state index is 12.0. The van der Waals surface area contributed by atoms with Crippen LogP contribution in [0.1, 0.15) is 51.9 Å². The van der Waals surface area contributed by atoms with E-state index in [0.717, 1.165) is 13.0 Å². The van der Waals surface area contributed by atoms with E-state index in [1.807, 2.05) is 0 Å². The lowest BCUT2D eigenvalue weighted by Gasteiger charge is -2.29. The Balaban J connectivity index is 1.58. The first-order chi connectivity index (χ1) is 9.27. The third-order valence-electron chi connectivity index (χ3n) is 4.36. The van der Waals surface area contributed by atoms with Gasteiger partial charge in [-0.15, -0.1) is 0 Å². The van der Waals surface area contributed by atoms with Crippen molar-refractivity contribution in [2.24, 2.45) is 5.92 Å². The molecule has 4 nitrogen and oxygen atoms in total. The number of amides is 1. The minimum absolute atomic E-state index is 0.0107. The highest BCUT2D eigenvalue weighted by atomic mass is 16.5. The molecule has 4 heteroatoms. The van der Waals surface area contributed by atoms with Gasteiger partial charge >= 0.3 is 0 Å². The Morgan fingerprint density at radius 3 is 2.74 bits per heavy atom. The molecule has 0 spiro atoms. The largest absolute Gasteiger partial charge is 0.376 e. The average Bonchev–Trinajstić information content (AvgIpc) is 2.45. The van der Waals surface area contributed by atoms with E-state index in [4.69, 9.17) is 4.74 Å². The molecule has 0 aromatic rings. The van der Waals surface area contributed by atoms with Crippen LogP contribution in [0.5, 0.6) is 0 Å². The molecule has 1 heterocycles. The van der Waals surface area contributed by atoms with Crippen LogP contribution in [-0.2, 0) is 9.53 Å². The minimum atomic E-state index is -0.0107. The van der Waals surface area contributed by atoms with Crippen LogP contribution in [0.4, 0.5) is 0 Å². The summed E-state index contributed by atoms with van der Waals surface area (Å²) >= 11 is 0. The van der Waals surface area contributed by atoms with Gasteiger partial charge in [0.05, 0.1) is 18.8 Å². The summed E-state index contributed by atoms with van der Waals surface area (Å²) in [6.45, 7) is 4.40. The quantitative estimate of drug-likeness (QED) is 0.748. The van der Waals surface area contributed by atoms with Crippen molar-refractivity contribution in [1.82, 2.24) is 10.6 Å². The Kier molecular flexibility index (Phi) is 6.11. The van der Waals surface area contributed by atoms with Crippen molar-refractivity contribution in [1.29, 1.82) is 0 Å². The van der Waals surface area contributed by atoms with Crippen molar-refractivity contribution in [2.45, 2.75) is 64.0 Å². The lowest BCUT2D eigenvalue weighted by Crippen LogP contribution is -2.51. The van der Waals surface area contributed by atoms with Crippen LogP contribution >= 0.6 is 0 Å². The van der Waals surface area contributed by atoms with Crippen molar-refractivity contribution >= 4 is 5.91 Å². The van der Waals surface area contributed by atoms with Gasteiger partial charge in [0.2, 0.25) is 5.91 Å². The van der Waals surface area contributed by atoms with E-state index < -0.39 is 0 Å². The van der Waals surface area contributed by atoms with Gasteiger partial charge in [0, 0.05) is 6.54 Å². The molecule has 0 aromatic heterocycles. The molecule has 2 fully saturated rings. The molecule has 1 amide bonds. The summed E-state index contributed by atoms with van der Waals surface area (Å²) in [6, 6.07) is -0.0107. The lowest BCUT2D eigenvalue weighted by atomic mass is 9.92. The molecule has 110 valence electrons. The summed E-state index contributed by atoms with van der Waals surface area (Å²) in [6.07, 6.45) is 9.06. The van der Waals surface area contributed by atoms with Crippen LogP contribution in [-0.4, -0.2) is 37.7 Å². The smallest absolute Gasteiger partial charge is 0.237 e. The van der Waals surface area contributed by atoms with E-state index in [-0.39, 0.29) is 11.9 Å². The number of hydrogen-bond acceptors (Lipinski definition) is 3. The van der Waals surface area contributed by atoms with Crippen LogP contribution in [0.25, 0.3) is 0 Å². The highest BCUT2D eigenvalue weighted by Crippen LogP contribution is 2.20. The van der Waals surface area contributed by atoms with Gasteiger partial charge in [-0.05, 0) is 38.1 Å². The maximum Gasteiger partial charge on any atom is 0.237 e. The molecule has 2 unspecified atom stereocenters. The van der Waals surface area contributed by atoms with Crippen molar-refractivity contribution in [3.63, 3.8) is 0 Å². The molecule has 2 aliphatic rings. The Hall–Kier alpha value is -0.610. The maximum atomic E-state index is 12.0. The summed E-state index contributed by atoms with van der Waals surface area (Å²) in [4.78, 5) is 12.0. The third kappa shape index (κ3) is 4.77. The predicted molar refractivity (Wildman–Crippen MR) is 76.0 cm³/mol. The summed E-state index contributed by atoms with van der Waals surface area (Å²) in [5.41, 5.74) is 0. The van der Waals surface area contributed by atoms with Crippen molar-refractivity contribution < 1.29 is 9.53 Å².